The third-order valence-electron chi connectivity index (χ3n) is 2.42. The van der Waals surface area contributed by atoms with Crippen molar-refractivity contribution < 1.29 is 13.5 Å². The van der Waals surface area contributed by atoms with Gasteiger partial charge in [0.15, 0.2) is 0 Å². The number of aromatic nitrogens is 1. The van der Waals surface area contributed by atoms with Gasteiger partial charge in [0.05, 0.1) is 17.1 Å². The van der Waals surface area contributed by atoms with Gasteiger partial charge in [-0.2, -0.15) is 0 Å². The summed E-state index contributed by atoms with van der Waals surface area (Å²) >= 11 is 0. The number of nitrogens with one attached hydrogen (secondary N) is 1. The first kappa shape index (κ1) is 10.2. The van der Waals surface area contributed by atoms with Crippen LogP contribution in [0, 0.1) is 0 Å². The predicted molar refractivity (Wildman–Crippen MR) is 56.8 cm³/mol. The maximum atomic E-state index is 10.6. The molecule has 5 nitrogen and oxygen atoms in total. The van der Waals surface area contributed by atoms with Gasteiger partial charge in [-0.15, -0.1) is 0 Å². The van der Waals surface area contributed by atoms with Crippen LogP contribution in [0.25, 0.3) is 0 Å². The van der Waals surface area contributed by atoms with Crippen molar-refractivity contribution in [3.05, 3.63) is 17.8 Å². The van der Waals surface area contributed by atoms with Crippen LogP contribution in [0.5, 0.6) is 5.88 Å². The molecule has 6 heteroatoms. The first-order chi connectivity index (χ1) is 7.15. The minimum atomic E-state index is -2.35. The van der Waals surface area contributed by atoms with Gasteiger partial charge in [-0.25, -0.2) is 13.4 Å². The van der Waals surface area contributed by atoms with Crippen molar-refractivity contribution >= 4 is 16.4 Å². The molecular formula is C9H12N2O3S. The number of fused-ring (bicyclic) bond motifs is 1. The molecule has 1 unspecified atom stereocenters. The van der Waals surface area contributed by atoms with Crippen molar-refractivity contribution in [2.75, 3.05) is 11.1 Å². The van der Waals surface area contributed by atoms with Crippen molar-refractivity contribution in [3.63, 3.8) is 0 Å². The van der Waals surface area contributed by atoms with Crippen LogP contribution in [0.3, 0.4) is 0 Å². The van der Waals surface area contributed by atoms with Crippen molar-refractivity contribution in [3.8, 4) is 5.88 Å². The molecule has 0 amide bonds. The van der Waals surface area contributed by atoms with E-state index in [2.05, 4.69) is 10.3 Å². The highest BCUT2D eigenvalue weighted by atomic mass is 32.2. The fourth-order valence-corrected chi connectivity index (χ4v) is 2.37. The van der Waals surface area contributed by atoms with Crippen LogP contribution in [0.1, 0.15) is 12.1 Å². The minimum absolute atomic E-state index is 0.00361. The Morgan fingerprint density at radius 1 is 1.53 bits per heavy atom. The molecule has 1 aliphatic rings. The minimum Gasteiger partial charge on any atom is -0.493 e. The Labute approximate surface area is 89.1 Å². The monoisotopic (exact) mass is 228 g/mol. The third kappa shape index (κ3) is 2.38. The van der Waals surface area contributed by atoms with E-state index in [9.17, 15) is 8.42 Å². The number of hydrogen-bond acceptors (Lipinski definition) is 5. The van der Waals surface area contributed by atoms with Crippen molar-refractivity contribution in [1.82, 2.24) is 4.98 Å². The second-order valence-electron chi connectivity index (χ2n) is 3.56. The van der Waals surface area contributed by atoms with E-state index in [1.54, 1.807) is 6.07 Å². The summed E-state index contributed by atoms with van der Waals surface area (Å²) in [5.74, 6) is 0.152. The van der Waals surface area contributed by atoms with Crippen LogP contribution in [0.2, 0.25) is 0 Å². The Balaban J connectivity index is 2.16. The zero-order chi connectivity index (χ0) is 10.8. The first-order valence-electron chi connectivity index (χ1n) is 4.72. The van der Waals surface area contributed by atoms with E-state index in [0.717, 1.165) is 17.8 Å². The molecule has 0 saturated carbocycles. The van der Waals surface area contributed by atoms with E-state index in [-0.39, 0.29) is 17.7 Å². The normalized spacial score (nSPS) is 19.7. The summed E-state index contributed by atoms with van der Waals surface area (Å²) in [7, 11) is -2.35. The number of pyridine rings is 1. The quantitative estimate of drug-likeness (QED) is 0.627. The highest BCUT2D eigenvalue weighted by Crippen LogP contribution is 2.24. The van der Waals surface area contributed by atoms with Gasteiger partial charge >= 0.3 is 0 Å². The zero-order valence-corrected chi connectivity index (χ0v) is 8.91. The standard InChI is InChI=1S/C9H12N2O3S/c12-9-4-3-7-8(11-9)2-1-6(10-7)5-15(13)14/h3-4,6,10,15H,1-2,5H2,(H,11,12). The van der Waals surface area contributed by atoms with Crippen LogP contribution in [0.15, 0.2) is 12.1 Å². The van der Waals surface area contributed by atoms with Crippen LogP contribution in [-0.4, -0.2) is 30.3 Å². The molecule has 0 radical (unpaired) electrons. The van der Waals surface area contributed by atoms with Gasteiger partial charge in [-0.05, 0) is 18.9 Å². The number of aromatic hydroxyl groups is 1. The molecule has 2 rings (SSSR count). The average molecular weight is 228 g/mol. The lowest BCUT2D eigenvalue weighted by molar-refractivity contribution is 0.449. The largest absolute Gasteiger partial charge is 0.493 e. The first-order valence-corrected chi connectivity index (χ1v) is 6.08. The Morgan fingerprint density at radius 3 is 3.07 bits per heavy atom. The van der Waals surface area contributed by atoms with Crippen molar-refractivity contribution in [2.24, 2.45) is 0 Å². The summed E-state index contributed by atoms with van der Waals surface area (Å²) < 4.78 is 21.2. The number of nitrogens with zero attached hydrogens (tertiary/aromatic N) is 1. The highest BCUT2D eigenvalue weighted by Gasteiger charge is 2.19. The van der Waals surface area contributed by atoms with E-state index in [1.807, 2.05) is 0 Å². The summed E-state index contributed by atoms with van der Waals surface area (Å²) in [4.78, 5) is 3.97. The van der Waals surface area contributed by atoms with Gasteiger partial charge < -0.3 is 10.4 Å². The molecule has 0 aliphatic carbocycles. The summed E-state index contributed by atoms with van der Waals surface area (Å²) in [6.45, 7) is 0. The fourth-order valence-electron chi connectivity index (χ4n) is 1.73. The lowest BCUT2D eigenvalue weighted by Gasteiger charge is -2.24. The van der Waals surface area contributed by atoms with Gasteiger partial charge in [-0.1, -0.05) is 0 Å². The summed E-state index contributed by atoms with van der Waals surface area (Å²) in [6.07, 6.45) is 1.43. The highest BCUT2D eigenvalue weighted by molar-refractivity contribution is 7.72. The summed E-state index contributed by atoms with van der Waals surface area (Å²) in [5.41, 5.74) is 1.62. The van der Waals surface area contributed by atoms with Gasteiger partial charge in [0.2, 0.25) is 5.88 Å². The van der Waals surface area contributed by atoms with E-state index in [1.165, 1.54) is 6.07 Å². The van der Waals surface area contributed by atoms with Crippen molar-refractivity contribution in [2.45, 2.75) is 18.9 Å². The maximum Gasteiger partial charge on any atom is 0.211 e. The van der Waals surface area contributed by atoms with Gasteiger partial charge in [-0.3, -0.25) is 0 Å². The Kier molecular flexibility index (Phi) is 2.77. The number of rotatable bonds is 2. The smallest absolute Gasteiger partial charge is 0.211 e. The van der Waals surface area contributed by atoms with E-state index in [4.69, 9.17) is 5.11 Å². The number of aryl methyl sites for hydroxylation is 1. The average Bonchev–Trinajstić information content (AvgIpc) is 2.17. The molecule has 1 aromatic rings. The Bertz CT molecular complexity index is 437. The van der Waals surface area contributed by atoms with E-state index < -0.39 is 10.7 Å². The van der Waals surface area contributed by atoms with Gasteiger partial charge in [0.1, 0.15) is 10.7 Å². The molecule has 0 spiro atoms. The Hall–Kier alpha value is -1.30. The molecule has 0 bridgehead atoms. The Morgan fingerprint density at radius 2 is 2.33 bits per heavy atom. The second kappa shape index (κ2) is 4.06. The molecule has 15 heavy (non-hydrogen) atoms. The van der Waals surface area contributed by atoms with Crippen LogP contribution >= 0.6 is 0 Å². The maximum absolute atomic E-state index is 10.6. The van der Waals surface area contributed by atoms with Crippen LogP contribution in [0.4, 0.5) is 5.69 Å². The summed E-state index contributed by atoms with van der Waals surface area (Å²) in [6, 6.07) is 3.18. The summed E-state index contributed by atoms with van der Waals surface area (Å²) in [5, 5.41) is 12.3. The fraction of sp³-hybridized carbons (Fsp3) is 0.444. The lowest BCUT2D eigenvalue weighted by Crippen LogP contribution is -2.29. The van der Waals surface area contributed by atoms with Gasteiger partial charge in [0, 0.05) is 12.1 Å². The van der Waals surface area contributed by atoms with Gasteiger partial charge in [0.25, 0.3) is 0 Å². The molecule has 1 aromatic heterocycles. The molecule has 0 fully saturated rings. The van der Waals surface area contributed by atoms with Crippen LogP contribution < -0.4 is 5.32 Å². The van der Waals surface area contributed by atoms with Crippen molar-refractivity contribution in [1.29, 1.82) is 0 Å². The number of anilines is 1. The lowest BCUT2D eigenvalue weighted by atomic mass is 10.0. The molecule has 0 saturated heterocycles. The molecule has 2 N–H and O–H groups in total. The third-order valence-corrected chi connectivity index (χ3v) is 3.16. The molecule has 2 heterocycles. The SMILES string of the molecule is O=[SH](=O)CC1CCc2nc(O)ccc2N1. The molecular weight excluding hydrogens is 216 g/mol. The topological polar surface area (TPSA) is 79.3 Å². The van der Waals surface area contributed by atoms with Crippen LogP contribution in [-0.2, 0) is 17.1 Å². The number of thiol groups is 1. The van der Waals surface area contributed by atoms with E-state index in [0.29, 0.717) is 6.42 Å². The molecule has 1 atom stereocenters. The second-order valence-corrected chi connectivity index (χ2v) is 4.59. The zero-order valence-electron chi connectivity index (χ0n) is 8.01. The molecule has 1 aliphatic heterocycles. The molecule has 82 valence electrons. The predicted octanol–water partition coefficient (Wildman–Crippen LogP) is 0.125. The van der Waals surface area contributed by atoms with E-state index >= 15 is 0 Å². The number of hydrogen-bond donors (Lipinski definition) is 3. The molecule has 0 aromatic carbocycles.